The van der Waals surface area contributed by atoms with Crippen molar-refractivity contribution in [2.24, 2.45) is 0 Å². The molecular weight excluding hydrogens is 248 g/mol. The third-order valence-corrected chi connectivity index (χ3v) is 4.48. The van der Waals surface area contributed by atoms with Gasteiger partial charge >= 0.3 is 0 Å². The Hall–Kier alpha value is -0.730. The lowest BCUT2D eigenvalue weighted by atomic mass is 9.91. The molecule has 100 valence electrons. The molecule has 0 aliphatic carbocycles. The lowest BCUT2D eigenvalue weighted by Crippen LogP contribution is -2.28. The van der Waals surface area contributed by atoms with Gasteiger partial charge in [0.15, 0.2) is 0 Å². The Morgan fingerprint density at radius 3 is 2.39 bits per heavy atom. The number of aryl methyl sites for hydroxylation is 2. The molecule has 1 saturated heterocycles. The summed E-state index contributed by atoms with van der Waals surface area (Å²) in [6, 6.07) is 4.22. The summed E-state index contributed by atoms with van der Waals surface area (Å²) in [6.45, 7) is 7.02. The molecule has 0 saturated carbocycles. The van der Waals surface area contributed by atoms with Crippen molar-refractivity contribution in [3.05, 3.63) is 28.8 Å². The summed E-state index contributed by atoms with van der Waals surface area (Å²) in [4.78, 5) is 0. The largest absolute Gasteiger partial charge is 0.496 e. The highest BCUT2D eigenvalue weighted by Crippen LogP contribution is 2.43. The predicted molar refractivity (Wildman–Crippen MR) is 74.7 cm³/mol. The Balaban J connectivity index is 2.34. The van der Waals surface area contributed by atoms with Crippen molar-refractivity contribution in [2.45, 2.75) is 44.6 Å². The van der Waals surface area contributed by atoms with Crippen LogP contribution < -0.4 is 4.74 Å². The highest BCUT2D eigenvalue weighted by molar-refractivity contribution is 6.21. The molecule has 1 aromatic rings. The second-order valence-corrected chi connectivity index (χ2v) is 5.75. The van der Waals surface area contributed by atoms with Gasteiger partial charge in [-0.3, -0.25) is 0 Å². The molecule has 0 bridgehead atoms. The number of benzene rings is 1. The Morgan fingerprint density at radius 2 is 1.94 bits per heavy atom. The van der Waals surface area contributed by atoms with Crippen molar-refractivity contribution in [1.29, 1.82) is 0 Å². The maximum atomic E-state index is 6.63. The van der Waals surface area contributed by atoms with Crippen LogP contribution in [-0.4, -0.2) is 19.3 Å². The average Bonchev–Trinajstić information content (AvgIpc) is 2.76. The molecule has 1 aliphatic rings. The molecule has 0 N–H and O–H groups in total. The van der Waals surface area contributed by atoms with Crippen LogP contribution in [0.25, 0.3) is 0 Å². The summed E-state index contributed by atoms with van der Waals surface area (Å²) in [7, 11) is 1.70. The third kappa shape index (κ3) is 2.36. The van der Waals surface area contributed by atoms with Crippen LogP contribution in [0.5, 0.6) is 5.75 Å². The standard InChI is InChI=1S/C15H21ClO2/c1-10-8-12(9-11(2)13(10)17-4)14(16)15(3)6-5-7-18-15/h8-9,14H,5-7H2,1-4H3. The van der Waals surface area contributed by atoms with E-state index in [1.165, 1.54) is 0 Å². The molecule has 0 amide bonds. The van der Waals surface area contributed by atoms with Gasteiger partial charge in [-0.2, -0.15) is 0 Å². The first-order valence-corrected chi connectivity index (χ1v) is 6.85. The first-order valence-electron chi connectivity index (χ1n) is 6.41. The van der Waals surface area contributed by atoms with Crippen molar-refractivity contribution in [1.82, 2.24) is 0 Å². The molecule has 0 spiro atoms. The van der Waals surface area contributed by atoms with Crippen LogP contribution in [0.4, 0.5) is 0 Å². The zero-order chi connectivity index (χ0) is 13.3. The van der Waals surface area contributed by atoms with E-state index < -0.39 is 0 Å². The van der Waals surface area contributed by atoms with Gasteiger partial charge in [0.25, 0.3) is 0 Å². The van der Waals surface area contributed by atoms with Crippen molar-refractivity contribution < 1.29 is 9.47 Å². The lowest BCUT2D eigenvalue weighted by molar-refractivity contribution is 0.0164. The minimum atomic E-state index is -0.241. The third-order valence-electron chi connectivity index (χ3n) is 3.76. The summed E-state index contributed by atoms with van der Waals surface area (Å²) >= 11 is 6.63. The fraction of sp³-hybridized carbons (Fsp3) is 0.600. The highest BCUT2D eigenvalue weighted by atomic mass is 35.5. The van der Waals surface area contributed by atoms with E-state index in [4.69, 9.17) is 21.1 Å². The molecule has 1 aliphatic heterocycles. The van der Waals surface area contributed by atoms with Crippen LogP contribution in [0.15, 0.2) is 12.1 Å². The predicted octanol–water partition coefficient (Wildman–Crippen LogP) is 4.16. The summed E-state index contributed by atoms with van der Waals surface area (Å²) in [6.07, 6.45) is 2.11. The molecule has 2 rings (SSSR count). The molecule has 3 heteroatoms. The molecule has 0 radical (unpaired) electrons. The van der Waals surface area contributed by atoms with E-state index >= 15 is 0 Å². The van der Waals surface area contributed by atoms with E-state index in [2.05, 4.69) is 32.9 Å². The Labute approximate surface area is 114 Å². The number of hydrogen-bond donors (Lipinski definition) is 0. The van der Waals surface area contributed by atoms with Gasteiger partial charge in [0.2, 0.25) is 0 Å². The summed E-state index contributed by atoms with van der Waals surface area (Å²) in [5.74, 6) is 0.945. The Morgan fingerprint density at radius 1 is 1.33 bits per heavy atom. The van der Waals surface area contributed by atoms with Crippen LogP contribution in [0.2, 0.25) is 0 Å². The average molecular weight is 269 g/mol. The molecule has 18 heavy (non-hydrogen) atoms. The molecule has 1 fully saturated rings. The summed E-state index contributed by atoms with van der Waals surface area (Å²) in [5, 5.41) is -0.108. The van der Waals surface area contributed by atoms with E-state index in [0.717, 1.165) is 41.9 Å². The monoisotopic (exact) mass is 268 g/mol. The number of alkyl halides is 1. The molecule has 0 aromatic heterocycles. The van der Waals surface area contributed by atoms with Crippen molar-refractivity contribution in [3.8, 4) is 5.75 Å². The summed E-state index contributed by atoms with van der Waals surface area (Å²) < 4.78 is 11.2. The Kier molecular flexibility index (Phi) is 3.88. The van der Waals surface area contributed by atoms with Gasteiger partial charge < -0.3 is 9.47 Å². The maximum Gasteiger partial charge on any atom is 0.124 e. The van der Waals surface area contributed by atoms with E-state index in [1.54, 1.807) is 7.11 Å². The van der Waals surface area contributed by atoms with Crippen molar-refractivity contribution >= 4 is 11.6 Å². The van der Waals surface area contributed by atoms with Gasteiger partial charge in [-0.05, 0) is 50.3 Å². The molecule has 1 aromatic carbocycles. The first kappa shape index (κ1) is 13.7. The van der Waals surface area contributed by atoms with Crippen LogP contribution in [0.1, 0.15) is 41.8 Å². The van der Waals surface area contributed by atoms with Gasteiger partial charge in [0, 0.05) is 6.61 Å². The van der Waals surface area contributed by atoms with Crippen molar-refractivity contribution in [2.75, 3.05) is 13.7 Å². The van der Waals surface area contributed by atoms with Crippen LogP contribution in [-0.2, 0) is 4.74 Å². The van der Waals surface area contributed by atoms with Gasteiger partial charge in [0.05, 0.1) is 18.1 Å². The van der Waals surface area contributed by atoms with Crippen LogP contribution >= 0.6 is 11.6 Å². The number of methoxy groups -OCH3 is 1. The second-order valence-electron chi connectivity index (χ2n) is 5.32. The number of ether oxygens (including phenoxy) is 2. The molecular formula is C15H21ClO2. The normalized spacial score (nSPS) is 25.2. The zero-order valence-electron chi connectivity index (χ0n) is 11.5. The fourth-order valence-corrected chi connectivity index (χ4v) is 3.10. The van der Waals surface area contributed by atoms with E-state index in [-0.39, 0.29) is 11.0 Å². The van der Waals surface area contributed by atoms with Gasteiger partial charge in [-0.15, -0.1) is 11.6 Å². The van der Waals surface area contributed by atoms with Crippen LogP contribution in [0, 0.1) is 13.8 Å². The van der Waals surface area contributed by atoms with Crippen molar-refractivity contribution in [3.63, 3.8) is 0 Å². The van der Waals surface area contributed by atoms with Gasteiger partial charge in [-0.1, -0.05) is 12.1 Å². The second kappa shape index (κ2) is 5.10. The summed E-state index contributed by atoms with van der Waals surface area (Å²) in [5.41, 5.74) is 3.13. The SMILES string of the molecule is COc1c(C)cc(C(Cl)C2(C)CCCO2)cc1C. The van der Waals surface area contributed by atoms with Gasteiger partial charge in [-0.25, -0.2) is 0 Å². The van der Waals surface area contributed by atoms with Crippen LogP contribution in [0.3, 0.4) is 0 Å². The lowest BCUT2D eigenvalue weighted by Gasteiger charge is -2.29. The van der Waals surface area contributed by atoms with E-state index in [9.17, 15) is 0 Å². The van der Waals surface area contributed by atoms with E-state index in [1.807, 2.05) is 0 Å². The van der Waals surface area contributed by atoms with E-state index in [0.29, 0.717) is 0 Å². The minimum Gasteiger partial charge on any atom is -0.496 e. The fourth-order valence-electron chi connectivity index (χ4n) is 2.81. The topological polar surface area (TPSA) is 18.5 Å². The molecule has 1 heterocycles. The number of hydrogen-bond acceptors (Lipinski definition) is 2. The highest BCUT2D eigenvalue weighted by Gasteiger charge is 2.38. The molecule has 2 nitrogen and oxygen atoms in total. The van der Waals surface area contributed by atoms with Gasteiger partial charge in [0.1, 0.15) is 5.75 Å². The quantitative estimate of drug-likeness (QED) is 0.767. The molecule has 2 atom stereocenters. The zero-order valence-corrected chi connectivity index (χ0v) is 12.3. The first-order chi connectivity index (χ1) is 8.48. The maximum absolute atomic E-state index is 6.63. The molecule has 2 unspecified atom stereocenters. The Bertz CT molecular complexity index is 413. The minimum absolute atomic E-state index is 0.108. The number of halogens is 1. The number of rotatable bonds is 3. The smallest absolute Gasteiger partial charge is 0.124 e.